The lowest BCUT2D eigenvalue weighted by molar-refractivity contribution is -0.158. The SMILES string of the molecule is CCOC(=O)CN(C(=O)S(=O)(=O)Cc1ccccc1)C(Oc1ccc(Cl)cc1)(Oc1ccc(Cl)cc1)[PH+]=O. The van der Waals surface area contributed by atoms with Gasteiger partial charge in [0.2, 0.25) is 9.84 Å². The molecular weight excluding hydrogens is 576 g/mol. The van der Waals surface area contributed by atoms with Crippen LogP contribution in [0.4, 0.5) is 4.79 Å². The summed E-state index contributed by atoms with van der Waals surface area (Å²) in [5, 5.41) is -0.840. The van der Waals surface area contributed by atoms with Gasteiger partial charge < -0.3 is 14.2 Å². The molecule has 0 aliphatic heterocycles. The number of sulfone groups is 1. The highest BCUT2D eigenvalue weighted by atomic mass is 35.5. The zero-order valence-corrected chi connectivity index (χ0v) is 23.3. The number of esters is 1. The number of amides is 1. The first-order chi connectivity index (χ1) is 18.1. The van der Waals surface area contributed by atoms with Crippen molar-refractivity contribution >= 4 is 52.7 Å². The van der Waals surface area contributed by atoms with Gasteiger partial charge >= 0.3 is 25.3 Å². The monoisotopic (exact) mass is 598 g/mol. The first-order valence-corrected chi connectivity index (χ1v) is 14.4. The summed E-state index contributed by atoms with van der Waals surface area (Å²) in [6, 6.07) is 19.4. The van der Waals surface area contributed by atoms with Crippen molar-refractivity contribution in [3.8, 4) is 11.5 Å². The summed E-state index contributed by atoms with van der Waals surface area (Å²) < 4.78 is 56.0. The third-order valence-electron chi connectivity index (χ3n) is 4.90. The molecule has 0 aliphatic rings. The van der Waals surface area contributed by atoms with Crippen LogP contribution in [0.15, 0.2) is 78.9 Å². The van der Waals surface area contributed by atoms with Gasteiger partial charge in [-0.25, -0.2) is 13.3 Å². The molecule has 0 bridgehead atoms. The Morgan fingerprint density at radius 1 is 0.868 bits per heavy atom. The van der Waals surface area contributed by atoms with Crippen molar-refractivity contribution in [1.82, 2.24) is 4.90 Å². The molecule has 3 aromatic carbocycles. The van der Waals surface area contributed by atoms with Crippen LogP contribution in [0.25, 0.3) is 0 Å². The van der Waals surface area contributed by atoms with Crippen molar-refractivity contribution in [3.63, 3.8) is 0 Å². The molecule has 3 rings (SSSR count). The Morgan fingerprint density at radius 2 is 1.37 bits per heavy atom. The molecule has 0 radical (unpaired) electrons. The number of halogens is 2. The van der Waals surface area contributed by atoms with Crippen LogP contribution in [-0.2, 0) is 29.7 Å². The Morgan fingerprint density at radius 3 is 1.82 bits per heavy atom. The predicted molar refractivity (Wildman–Crippen MR) is 144 cm³/mol. The Balaban J connectivity index is 2.13. The lowest BCUT2D eigenvalue weighted by Gasteiger charge is -2.32. The molecule has 0 spiro atoms. The molecule has 0 aliphatic carbocycles. The second-order valence-electron chi connectivity index (χ2n) is 7.70. The van der Waals surface area contributed by atoms with E-state index in [9.17, 15) is 22.6 Å². The van der Waals surface area contributed by atoms with Gasteiger partial charge in [0.1, 0.15) is 18.0 Å². The molecule has 200 valence electrons. The molecule has 1 unspecified atom stereocenters. The number of rotatable bonds is 11. The van der Waals surface area contributed by atoms with E-state index >= 15 is 0 Å². The van der Waals surface area contributed by atoms with E-state index in [-0.39, 0.29) is 18.1 Å². The fourth-order valence-electron chi connectivity index (χ4n) is 3.20. The topological polar surface area (TPSA) is 116 Å². The molecule has 0 saturated carbocycles. The van der Waals surface area contributed by atoms with Crippen molar-refractivity contribution in [2.45, 2.75) is 18.3 Å². The minimum Gasteiger partial charge on any atom is -0.465 e. The second-order valence-corrected chi connectivity index (χ2v) is 11.3. The average Bonchev–Trinajstić information content (AvgIpc) is 2.89. The van der Waals surface area contributed by atoms with Crippen LogP contribution in [0.5, 0.6) is 11.5 Å². The van der Waals surface area contributed by atoms with Crippen LogP contribution in [0, 0.1) is 0 Å². The number of carbonyl (C=O) groups is 2. The van der Waals surface area contributed by atoms with Gasteiger partial charge in [-0.05, 0) is 61.0 Å². The van der Waals surface area contributed by atoms with E-state index in [4.69, 9.17) is 37.4 Å². The quantitative estimate of drug-likeness (QED) is 0.157. The fraction of sp³-hybridized carbons (Fsp3) is 0.200. The summed E-state index contributed by atoms with van der Waals surface area (Å²) in [6.07, 6.45) is 0. The van der Waals surface area contributed by atoms with Crippen LogP contribution < -0.4 is 9.47 Å². The number of nitrogens with zero attached hydrogens (tertiary/aromatic N) is 1. The first kappa shape index (κ1) is 29.4. The maximum Gasteiger partial charge on any atom is 0.551 e. The van der Waals surface area contributed by atoms with Gasteiger partial charge in [-0.15, -0.1) is 0 Å². The summed E-state index contributed by atoms with van der Waals surface area (Å²) >= 11 is 11.9. The smallest absolute Gasteiger partial charge is 0.465 e. The van der Waals surface area contributed by atoms with Crippen molar-refractivity contribution in [2.24, 2.45) is 0 Å². The molecule has 0 saturated heterocycles. The van der Waals surface area contributed by atoms with E-state index in [0.29, 0.717) is 20.5 Å². The first-order valence-electron chi connectivity index (χ1n) is 11.1. The molecule has 38 heavy (non-hydrogen) atoms. The molecule has 1 amide bonds. The summed E-state index contributed by atoms with van der Waals surface area (Å²) in [4.78, 5) is 26.6. The fourth-order valence-corrected chi connectivity index (χ4v) is 5.42. The summed E-state index contributed by atoms with van der Waals surface area (Å²) in [5.41, 5.74) is -2.28. The largest absolute Gasteiger partial charge is 0.551 e. The number of hydrogen-bond donors (Lipinski definition) is 0. The molecule has 0 aromatic heterocycles. The minimum atomic E-state index is -4.62. The molecule has 1 atom stereocenters. The third kappa shape index (κ3) is 7.68. The highest BCUT2D eigenvalue weighted by molar-refractivity contribution is 8.05. The van der Waals surface area contributed by atoms with E-state index in [1.54, 1.807) is 18.2 Å². The zero-order chi connectivity index (χ0) is 27.8. The van der Waals surface area contributed by atoms with Gasteiger partial charge in [-0.2, -0.15) is 0 Å². The van der Waals surface area contributed by atoms with Gasteiger partial charge in [0.15, 0.2) is 0 Å². The average molecular weight is 599 g/mol. The molecular formula is C25H23Cl2NO8PS+. The second kappa shape index (κ2) is 13.1. The van der Waals surface area contributed by atoms with Crippen LogP contribution in [0.1, 0.15) is 12.5 Å². The highest BCUT2D eigenvalue weighted by Gasteiger charge is 2.58. The Hall–Kier alpha value is -3.17. The van der Waals surface area contributed by atoms with Crippen LogP contribution in [0.3, 0.4) is 0 Å². The van der Waals surface area contributed by atoms with E-state index in [1.807, 2.05) is 0 Å². The summed E-state index contributed by atoms with van der Waals surface area (Å²) in [6.45, 7) is 0.532. The van der Waals surface area contributed by atoms with E-state index in [2.05, 4.69) is 0 Å². The Kier molecular flexibility index (Phi) is 10.1. The summed E-state index contributed by atoms with van der Waals surface area (Å²) in [7, 11) is -6.26. The summed E-state index contributed by atoms with van der Waals surface area (Å²) in [5.74, 6) is -1.62. The molecule has 0 N–H and O–H groups in total. The van der Waals surface area contributed by atoms with Gasteiger partial charge in [-0.1, -0.05) is 58.1 Å². The predicted octanol–water partition coefficient (Wildman–Crippen LogP) is 5.69. The maximum absolute atomic E-state index is 13.6. The normalized spacial score (nSPS) is 11.6. The lowest BCUT2D eigenvalue weighted by atomic mass is 10.2. The van der Waals surface area contributed by atoms with E-state index in [1.165, 1.54) is 67.6 Å². The van der Waals surface area contributed by atoms with Crippen molar-refractivity contribution in [2.75, 3.05) is 13.2 Å². The van der Waals surface area contributed by atoms with Crippen molar-refractivity contribution in [1.29, 1.82) is 0 Å². The van der Waals surface area contributed by atoms with E-state index in [0.717, 1.165) is 0 Å². The van der Waals surface area contributed by atoms with Gasteiger partial charge in [0, 0.05) is 10.0 Å². The molecule has 3 aromatic rings. The van der Waals surface area contributed by atoms with Crippen molar-refractivity contribution in [3.05, 3.63) is 94.5 Å². The zero-order valence-electron chi connectivity index (χ0n) is 20.0. The van der Waals surface area contributed by atoms with Crippen molar-refractivity contribution < 1.29 is 36.8 Å². The van der Waals surface area contributed by atoms with Gasteiger partial charge in [0.05, 0.1) is 12.4 Å². The minimum absolute atomic E-state index is 0.0221. The molecule has 0 heterocycles. The van der Waals surface area contributed by atoms with E-state index < -0.39 is 47.5 Å². The van der Waals surface area contributed by atoms with Gasteiger partial charge in [0.25, 0.3) is 0 Å². The third-order valence-corrected chi connectivity index (χ3v) is 7.60. The van der Waals surface area contributed by atoms with Crippen LogP contribution in [-0.4, -0.2) is 43.3 Å². The lowest BCUT2D eigenvalue weighted by Crippen LogP contribution is -2.59. The number of benzene rings is 3. The molecule has 0 fully saturated rings. The van der Waals surface area contributed by atoms with Gasteiger partial charge in [-0.3, -0.25) is 9.59 Å². The highest BCUT2D eigenvalue weighted by Crippen LogP contribution is 2.36. The maximum atomic E-state index is 13.6. The Bertz CT molecular complexity index is 1320. The van der Waals surface area contributed by atoms with Crippen LogP contribution >= 0.6 is 31.7 Å². The number of hydrogen-bond acceptors (Lipinski definition) is 8. The molecule has 9 nitrogen and oxygen atoms in total. The van der Waals surface area contributed by atoms with Crippen LogP contribution in [0.2, 0.25) is 10.0 Å². The standard InChI is InChI=1S/C25H22Cl2NO8PS/c1-2-34-23(29)16-28(24(30)38(32,33)17-18-6-4-3-5-7-18)25(37-31,35-21-12-8-19(26)9-13-21)36-22-14-10-20(27)11-15-22/h3-15H,2,16-17H2,1H3/p+1. The number of ether oxygens (including phenoxy) is 3. The Labute approximate surface area is 231 Å². The number of carbonyl (C=O) groups excluding carboxylic acids is 2. The molecule has 13 heteroatoms.